The molecule has 2 aromatic rings. The molecule has 21 heavy (non-hydrogen) atoms. The fourth-order valence-corrected chi connectivity index (χ4v) is 1.95. The highest BCUT2D eigenvalue weighted by Crippen LogP contribution is 2.14. The summed E-state index contributed by atoms with van der Waals surface area (Å²) in [5.41, 5.74) is 0.975. The molecule has 2 aromatic carbocycles. The van der Waals surface area contributed by atoms with E-state index in [0.29, 0.717) is 12.6 Å². The summed E-state index contributed by atoms with van der Waals surface area (Å²) in [6, 6.07) is 14.6. The number of rotatable bonds is 7. The standard InChI is InChI=1S/C17H22N2O2/c1-13(2)18-11-17(20)12-21-19-10-14-7-8-15-5-3-4-6-16(15)9-14/h3-10,13,17-18,20H,11-12H2,1-2H3/b19-10-. The van der Waals surface area contributed by atoms with E-state index in [-0.39, 0.29) is 6.61 Å². The number of fused-ring (bicyclic) bond motifs is 1. The Hall–Kier alpha value is -1.91. The maximum Gasteiger partial charge on any atom is 0.144 e. The van der Waals surface area contributed by atoms with E-state index in [2.05, 4.69) is 34.7 Å². The first-order valence-corrected chi connectivity index (χ1v) is 7.21. The molecule has 0 bridgehead atoms. The quantitative estimate of drug-likeness (QED) is 0.607. The highest BCUT2D eigenvalue weighted by atomic mass is 16.6. The number of aliphatic hydroxyl groups excluding tert-OH is 1. The third-order valence-electron chi connectivity index (χ3n) is 3.08. The number of hydrogen-bond donors (Lipinski definition) is 2. The molecule has 2 N–H and O–H groups in total. The molecule has 0 fully saturated rings. The molecule has 0 saturated heterocycles. The molecule has 0 aliphatic carbocycles. The van der Waals surface area contributed by atoms with Crippen molar-refractivity contribution in [2.24, 2.45) is 5.16 Å². The fraction of sp³-hybridized carbons (Fsp3) is 0.353. The van der Waals surface area contributed by atoms with Crippen LogP contribution in [0.25, 0.3) is 10.8 Å². The first-order valence-electron chi connectivity index (χ1n) is 7.21. The summed E-state index contributed by atoms with van der Waals surface area (Å²) < 4.78 is 0. The Morgan fingerprint density at radius 3 is 2.71 bits per heavy atom. The van der Waals surface area contributed by atoms with Gasteiger partial charge in [0.15, 0.2) is 0 Å². The van der Waals surface area contributed by atoms with Gasteiger partial charge in [-0.15, -0.1) is 0 Å². The lowest BCUT2D eigenvalue weighted by Gasteiger charge is -2.12. The molecule has 0 aromatic heterocycles. The third kappa shape index (κ3) is 5.17. The monoisotopic (exact) mass is 286 g/mol. The predicted octanol–water partition coefficient (Wildman–Crippen LogP) is 2.55. The predicted molar refractivity (Wildman–Crippen MR) is 86.6 cm³/mol. The Bertz CT molecular complexity index is 596. The van der Waals surface area contributed by atoms with Gasteiger partial charge in [0.2, 0.25) is 0 Å². The average molecular weight is 286 g/mol. The molecule has 1 atom stereocenters. The van der Waals surface area contributed by atoms with Gasteiger partial charge in [-0.05, 0) is 22.4 Å². The summed E-state index contributed by atoms with van der Waals surface area (Å²) in [7, 11) is 0. The Labute approximate surface area is 125 Å². The highest BCUT2D eigenvalue weighted by Gasteiger charge is 2.04. The minimum Gasteiger partial charge on any atom is -0.393 e. The van der Waals surface area contributed by atoms with Crippen LogP contribution in [0.4, 0.5) is 0 Å². The van der Waals surface area contributed by atoms with Crippen LogP contribution in [0.2, 0.25) is 0 Å². The minimum atomic E-state index is -0.554. The van der Waals surface area contributed by atoms with Crippen molar-refractivity contribution in [3.63, 3.8) is 0 Å². The van der Waals surface area contributed by atoms with E-state index < -0.39 is 6.10 Å². The Morgan fingerprint density at radius 1 is 1.19 bits per heavy atom. The molecule has 0 aliphatic rings. The molecule has 0 heterocycles. The first kappa shape index (κ1) is 15.5. The van der Waals surface area contributed by atoms with Crippen LogP contribution in [0.1, 0.15) is 19.4 Å². The molecule has 0 aliphatic heterocycles. The van der Waals surface area contributed by atoms with E-state index in [1.807, 2.05) is 32.0 Å². The summed E-state index contributed by atoms with van der Waals surface area (Å²) in [6.45, 7) is 4.75. The van der Waals surface area contributed by atoms with Crippen LogP contribution < -0.4 is 5.32 Å². The number of nitrogens with zero attached hydrogens (tertiary/aromatic N) is 1. The van der Waals surface area contributed by atoms with Gasteiger partial charge in [-0.3, -0.25) is 0 Å². The van der Waals surface area contributed by atoms with Crippen LogP contribution in [-0.2, 0) is 4.84 Å². The van der Waals surface area contributed by atoms with E-state index >= 15 is 0 Å². The van der Waals surface area contributed by atoms with Gasteiger partial charge in [-0.25, -0.2) is 0 Å². The van der Waals surface area contributed by atoms with Gasteiger partial charge in [0.25, 0.3) is 0 Å². The van der Waals surface area contributed by atoms with Gasteiger partial charge in [-0.2, -0.15) is 0 Å². The van der Waals surface area contributed by atoms with Crippen molar-refractivity contribution in [3.05, 3.63) is 48.0 Å². The topological polar surface area (TPSA) is 53.8 Å². The molecule has 4 heteroatoms. The Kier molecular flexibility index (Phi) is 5.72. The second-order valence-electron chi connectivity index (χ2n) is 5.35. The lowest BCUT2D eigenvalue weighted by Crippen LogP contribution is -2.34. The van der Waals surface area contributed by atoms with Gasteiger partial charge in [0.05, 0.1) is 6.21 Å². The maximum atomic E-state index is 9.68. The lowest BCUT2D eigenvalue weighted by molar-refractivity contribution is 0.0401. The average Bonchev–Trinajstić information content (AvgIpc) is 2.49. The number of hydrogen-bond acceptors (Lipinski definition) is 4. The fourth-order valence-electron chi connectivity index (χ4n) is 1.95. The summed E-state index contributed by atoms with van der Waals surface area (Å²) in [5.74, 6) is 0. The van der Waals surface area contributed by atoms with Gasteiger partial charge in [0.1, 0.15) is 12.7 Å². The highest BCUT2D eigenvalue weighted by molar-refractivity contribution is 5.90. The van der Waals surface area contributed by atoms with Crippen molar-refractivity contribution in [3.8, 4) is 0 Å². The summed E-state index contributed by atoms with van der Waals surface area (Å²) >= 11 is 0. The van der Waals surface area contributed by atoms with E-state index in [9.17, 15) is 5.11 Å². The number of oxime groups is 1. The molecule has 0 spiro atoms. The summed E-state index contributed by atoms with van der Waals surface area (Å²) in [6.07, 6.45) is 1.11. The molecule has 4 nitrogen and oxygen atoms in total. The van der Waals surface area contributed by atoms with Crippen LogP contribution in [0.15, 0.2) is 47.6 Å². The molecule has 112 valence electrons. The molecular weight excluding hydrogens is 264 g/mol. The van der Waals surface area contributed by atoms with Crippen LogP contribution in [0.5, 0.6) is 0 Å². The number of aliphatic hydroxyl groups is 1. The molecule has 0 saturated carbocycles. The molecule has 0 radical (unpaired) electrons. The SMILES string of the molecule is CC(C)NCC(O)CO/N=C\c1ccc2ccccc2c1. The number of nitrogens with one attached hydrogen (secondary N) is 1. The molecule has 1 unspecified atom stereocenters. The van der Waals surface area contributed by atoms with E-state index in [1.54, 1.807) is 6.21 Å². The van der Waals surface area contributed by atoms with E-state index in [0.717, 1.165) is 5.56 Å². The normalized spacial score (nSPS) is 13.1. The molecule has 0 amide bonds. The van der Waals surface area contributed by atoms with E-state index in [1.165, 1.54) is 10.8 Å². The van der Waals surface area contributed by atoms with Gasteiger partial charge < -0.3 is 15.3 Å². The third-order valence-corrected chi connectivity index (χ3v) is 3.08. The first-order chi connectivity index (χ1) is 10.1. The smallest absolute Gasteiger partial charge is 0.144 e. The van der Waals surface area contributed by atoms with Gasteiger partial charge >= 0.3 is 0 Å². The van der Waals surface area contributed by atoms with Crippen molar-refractivity contribution in [1.82, 2.24) is 5.32 Å². The zero-order valence-electron chi connectivity index (χ0n) is 12.5. The van der Waals surface area contributed by atoms with Gasteiger partial charge in [-0.1, -0.05) is 55.4 Å². The zero-order chi connectivity index (χ0) is 15.1. The molecule has 2 rings (SSSR count). The van der Waals surface area contributed by atoms with Gasteiger partial charge in [0, 0.05) is 12.6 Å². The number of benzene rings is 2. The Morgan fingerprint density at radius 2 is 1.95 bits per heavy atom. The maximum absolute atomic E-state index is 9.68. The molecular formula is C17H22N2O2. The van der Waals surface area contributed by atoms with Crippen LogP contribution >= 0.6 is 0 Å². The van der Waals surface area contributed by atoms with Crippen LogP contribution in [0.3, 0.4) is 0 Å². The van der Waals surface area contributed by atoms with Crippen molar-refractivity contribution in [1.29, 1.82) is 0 Å². The summed E-state index contributed by atoms with van der Waals surface area (Å²) in [4.78, 5) is 5.12. The second kappa shape index (κ2) is 7.76. The largest absolute Gasteiger partial charge is 0.393 e. The minimum absolute atomic E-state index is 0.184. The Balaban J connectivity index is 1.83. The summed E-state index contributed by atoms with van der Waals surface area (Å²) in [5, 5.41) is 19.1. The van der Waals surface area contributed by atoms with Crippen molar-refractivity contribution >= 4 is 17.0 Å². The van der Waals surface area contributed by atoms with Crippen LogP contribution in [0, 0.1) is 0 Å². The lowest BCUT2D eigenvalue weighted by atomic mass is 10.1. The second-order valence-corrected chi connectivity index (χ2v) is 5.35. The van der Waals surface area contributed by atoms with Crippen molar-refractivity contribution < 1.29 is 9.94 Å². The van der Waals surface area contributed by atoms with E-state index in [4.69, 9.17) is 4.84 Å². The van der Waals surface area contributed by atoms with Crippen molar-refractivity contribution in [2.75, 3.05) is 13.2 Å². The van der Waals surface area contributed by atoms with Crippen LogP contribution in [-0.4, -0.2) is 36.6 Å². The zero-order valence-corrected chi connectivity index (χ0v) is 12.5. The van der Waals surface area contributed by atoms with Crippen molar-refractivity contribution in [2.45, 2.75) is 26.0 Å².